The van der Waals surface area contributed by atoms with Gasteiger partial charge in [-0.15, -0.1) is 0 Å². The number of hydrogen-bond donors (Lipinski definition) is 2. The summed E-state index contributed by atoms with van der Waals surface area (Å²) in [7, 11) is 0. The molecule has 1 atom stereocenters. The molecule has 6 nitrogen and oxygen atoms in total. The van der Waals surface area contributed by atoms with Gasteiger partial charge in [0.05, 0.1) is 25.0 Å². The number of aliphatic hydroxyl groups excluding tert-OH is 1. The van der Waals surface area contributed by atoms with Crippen molar-refractivity contribution in [3.05, 3.63) is 103 Å². The van der Waals surface area contributed by atoms with Gasteiger partial charge in [0.1, 0.15) is 12.4 Å². The number of halogens is 1. The monoisotopic (exact) mass is 458 g/mol. The summed E-state index contributed by atoms with van der Waals surface area (Å²) >= 11 is 0. The van der Waals surface area contributed by atoms with Gasteiger partial charge in [-0.05, 0) is 31.1 Å². The molecule has 0 fully saturated rings. The van der Waals surface area contributed by atoms with Crippen LogP contribution in [0.1, 0.15) is 19.4 Å². The normalized spacial score (nSPS) is 12.7. The van der Waals surface area contributed by atoms with Crippen LogP contribution in [-0.4, -0.2) is 48.0 Å². The maximum absolute atomic E-state index is 13.4. The zero-order chi connectivity index (χ0) is 24.9. The molecule has 1 aromatic heterocycles. The highest BCUT2D eigenvalue weighted by atomic mass is 19.1. The fourth-order valence-corrected chi connectivity index (χ4v) is 2.22. The molecular formula is C26H35FN2O4. The molecule has 1 heterocycles. The lowest BCUT2D eigenvalue weighted by atomic mass is 10.0. The number of ether oxygens (including phenoxy) is 2. The van der Waals surface area contributed by atoms with Crippen molar-refractivity contribution in [1.29, 1.82) is 0 Å². The largest absolute Gasteiger partial charge is 0.460 e. The first kappa shape index (κ1) is 29.9. The van der Waals surface area contributed by atoms with E-state index >= 15 is 0 Å². The van der Waals surface area contributed by atoms with Crippen LogP contribution in [0.5, 0.6) is 0 Å². The van der Waals surface area contributed by atoms with Crippen molar-refractivity contribution in [1.82, 2.24) is 4.98 Å². The molecule has 1 rings (SSSR count). The minimum absolute atomic E-state index is 0.162. The molecule has 7 heteroatoms. The number of aliphatic hydroxyl groups is 1. The number of carbonyl (C=O) groups excluding carboxylic acids is 1. The predicted molar refractivity (Wildman–Crippen MR) is 131 cm³/mol. The second-order valence-corrected chi connectivity index (χ2v) is 6.79. The molecule has 0 aromatic carbocycles. The molecule has 0 saturated carbocycles. The molecule has 1 aromatic rings. The van der Waals surface area contributed by atoms with Crippen LogP contribution in [-0.2, 0) is 20.7 Å². The van der Waals surface area contributed by atoms with E-state index in [1.54, 1.807) is 54.7 Å². The Balaban J connectivity index is 0.000000633. The van der Waals surface area contributed by atoms with Crippen LogP contribution in [0.4, 0.5) is 4.39 Å². The first-order valence-corrected chi connectivity index (χ1v) is 10.5. The van der Waals surface area contributed by atoms with Crippen LogP contribution < -0.4 is 5.73 Å². The van der Waals surface area contributed by atoms with Crippen LogP contribution in [0, 0.1) is 5.82 Å². The molecular weight excluding hydrogens is 423 g/mol. The average molecular weight is 459 g/mol. The lowest BCUT2D eigenvalue weighted by molar-refractivity contribution is -0.139. The van der Waals surface area contributed by atoms with Gasteiger partial charge < -0.3 is 20.3 Å². The van der Waals surface area contributed by atoms with Crippen molar-refractivity contribution in [3.63, 3.8) is 0 Å². The van der Waals surface area contributed by atoms with E-state index in [0.717, 1.165) is 6.20 Å². The number of nitrogens with zero attached hydrogens (tertiary/aromatic N) is 1. The molecule has 0 aliphatic carbocycles. The minimum Gasteiger partial charge on any atom is -0.460 e. The Morgan fingerprint density at radius 1 is 1.24 bits per heavy atom. The smallest absolute Gasteiger partial charge is 0.330 e. The van der Waals surface area contributed by atoms with Crippen molar-refractivity contribution in [3.8, 4) is 0 Å². The summed E-state index contributed by atoms with van der Waals surface area (Å²) < 4.78 is 23.4. The summed E-state index contributed by atoms with van der Waals surface area (Å²) in [6.45, 7) is 12.1. The molecule has 1 unspecified atom stereocenters. The molecule has 0 amide bonds. The number of hydrogen-bond acceptors (Lipinski definition) is 6. The molecule has 3 N–H and O–H groups in total. The summed E-state index contributed by atoms with van der Waals surface area (Å²) in [5.41, 5.74) is 6.36. The first-order valence-electron chi connectivity index (χ1n) is 10.5. The van der Waals surface area contributed by atoms with Crippen molar-refractivity contribution in [2.45, 2.75) is 32.5 Å². The number of aromatic nitrogens is 1. The van der Waals surface area contributed by atoms with Gasteiger partial charge in [-0.2, -0.15) is 0 Å². The second-order valence-electron chi connectivity index (χ2n) is 6.79. The van der Waals surface area contributed by atoms with Gasteiger partial charge in [-0.25, -0.2) is 9.18 Å². The van der Waals surface area contributed by atoms with E-state index in [9.17, 15) is 14.3 Å². The van der Waals surface area contributed by atoms with Gasteiger partial charge in [0, 0.05) is 25.2 Å². The Bertz CT molecular complexity index is 829. The van der Waals surface area contributed by atoms with Gasteiger partial charge in [-0.3, -0.25) is 4.98 Å². The summed E-state index contributed by atoms with van der Waals surface area (Å²) in [6.07, 6.45) is 16.9. The fourth-order valence-electron chi connectivity index (χ4n) is 2.22. The van der Waals surface area contributed by atoms with Crippen LogP contribution in [0.25, 0.3) is 0 Å². The Morgan fingerprint density at radius 2 is 2.00 bits per heavy atom. The quantitative estimate of drug-likeness (QED) is 0.201. The third-order valence-electron chi connectivity index (χ3n) is 3.82. The summed E-state index contributed by atoms with van der Waals surface area (Å²) in [5, 5.41) is 9.99. The van der Waals surface area contributed by atoms with Gasteiger partial charge in [-0.1, -0.05) is 61.8 Å². The highest BCUT2D eigenvalue weighted by Crippen LogP contribution is 2.13. The lowest BCUT2D eigenvalue weighted by Gasteiger charge is -2.11. The number of nitrogens with two attached hydrogens (primary N) is 1. The van der Waals surface area contributed by atoms with Gasteiger partial charge in [0.2, 0.25) is 0 Å². The summed E-state index contributed by atoms with van der Waals surface area (Å²) in [4.78, 5) is 14.7. The first-order chi connectivity index (χ1) is 15.8. The van der Waals surface area contributed by atoms with E-state index in [2.05, 4.69) is 18.1 Å². The van der Waals surface area contributed by atoms with E-state index in [1.165, 1.54) is 12.3 Å². The standard InChI is InChI=1S/C14H17FN2O.C12H18O3/c1-2-11(5-3-4-7-16)14(18)9-12-6-8-17-10-13(12)15;1-4-5-6-7-8-12(13)15-10-9-14-11(2)3/h2-6,8,10,14,18H,1,7,9,16H2;4-8,11H,1,9-10H2,2-3H3/b4-3+,11-5+;6-5-,8-7+. The zero-order valence-electron chi connectivity index (χ0n) is 19.4. The highest BCUT2D eigenvalue weighted by molar-refractivity contribution is 5.82. The van der Waals surface area contributed by atoms with Crippen molar-refractivity contribution < 1.29 is 23.8 Å². The average Bonchev–Trinajstić information content (AvgIpc) is 2.79. The maximum atomic E-state index is 13.4. The van der Waals surface area contributed by atoms with E-state index in [-0.39, 0.29) is 25.1 Å². The number of allylic oxidation sites excluding steroid dienone is 6. The predicted octanol–water partition coefficient (Wildman–Crippen LogP) is 4.00. The fraction of sp³-hybridized carbons (Fsp3) is 0.308. The van der Waals surface area contributed by atoms with Gasteiger partial charge in [0.15, 0.2) is 0 Å². The van der Waals surface area contributed by atoms with E-state index in [1.807, 2.05) is 13.8 Å². The third kappa shape index (κ3) is 16.2. The van der Waals surface area contributed by atoms with Crippen LogP contribution in [0.2, 0.25) is 0 Å². The van der Waals surface area contributed by atoms with Crippen LogP contribution >= 0.6 is 0 Å². The number of pyridine rings is 1. The van der Waals surface area contributed by atoms with Gasteiger partial charge >= 0.3 is 5.97 Å². The topological polar surface area (TPSA) is 94.7 Å². The number of esters is 1. The summed E-state index contributed by atoms with van der Waals surface area (Å²) in [6, 6.07) is 1.55. The van der Waals surface area contributed by atoms with Crippen molar-refractivity contribution in [2.24, 2.45) is 5.73 Å². The van der Waals surface area contributed by atoms with Crippen LogP contribution in [0.15, 0.2) is 91.9 Å². The van der Waals surface area contributed by atoms with E-state index in [4.69, 9.17) is 15.2 Å². The molecule has 0 saturated heterocycles. The molecule has 0 radical (unpaired) electrons. The highest BCUT2D eigenvalue weighted by Gasteiger charge is 2.11. The molecule has 180 valence electrons. The molecule has 0 aliphatic heterocycles. The molecule has 33 heavy (non-hydrogen) atoms. The molecule has 0 spiro atoms. The third-order valence-corrected chi connectivity index (χ3v) is 3.82. The Hall–Kier alpha value is -3.13. The van der Waals surface area contributed by atoms with E-state index in [0.29, 0.717) is 24.3 Å². The van der Waals surface area contributed by atoms with Crippen molar-refractivity contribution >= 4 is 5.97 Å². The SMILES string of the molecule is C=C/C(=C\C=C\CN)C(O)Cc1ccncc1F.C=C/C=C\C=C\C(=O)OCCOC(C)C. The van der Waals surface area contributed by atoms with Crippen molar-refractivity contribution in [2.75, 3.05) is 19.8 Å². The Labute approximate surface area is 196 Å². The number of rotatable bonds is 13. The second kappa shape index (κ2) is 19.5. The van der Waals surface area contributed by atoms with Crippen LogP contribution in [0.3, 0.4) is 0 Å². The maximum Gasteiger partial charge on any atom is 0.330 e. The summed E-state index contributed by atoms with van der Waals surface area (Å²) in [5.74, 6) is -0.784. The zero-order valence-corrected chi connectivity index (χ0v) is 19.4. The Kier molecular flexibility index (Phi) is 17.7. The minimum atomic E-state index is -0.804. The number of carbonyl (C=O) groups is 1. The Morgan fingerprint density at radius 3 is 2.61 bits per heavy atom. The lowest BCUT2D eigenvalue weighted by Crippen LogP contribution is -2.13. The molecule has 0 bridgehead atoms. The van der Waals surface area contributed by atoms with E-state index < -0.39 is 11.9 Å². The molecule has 0 aliphatic rings. The van der Waals surface area contributed by atoms with Gasteiger partial charge in [0.25, 0.3) is 0 Å².